The van der Waals surface area contributed by atoms with E-state index in [1.54, 1.807) is 78.9 Å². The smallest absolute Gasteiger partial charge is 0.326 e. The summed E-state index contributed by atoms with van der Waals surface area (Å²) in [7, 11) is 1.02. The standard InChI is InChI=1S/C82H100N14O24/c1-45-69(95-78(113)64(44-98)93-72(107)56(84-46(2)99)36-47-16-7-4-8-17-47)80(115)90-58(38-50-24-28-52(100)29-25-50)74(109)85-54-22-13-14-34-83-66(102)41-59(75(110)92-62(82(117)118)40-49-20-11-6-12-21-49)88-71(106)55(32-33-67(103)119-3)86-73(108)57(37-48-18-9-5-10-19-48)87-76(111)60(42-68(104)120-45)89-77(112)63(43-97)94-79(114)65-23-15-35-96(65)81(116)61(91-70(54)105)39-51-26-30-53(101)31-27-51/h4-12,16-21,24-31,45,54-65,69,97-98,100-101H,13-15,22-23,32-44H2,1-3H3,(H,83,102)(H,84,99)(H,85,109)(H,86,108)(H,87,111)(H,88,106)(H,89,112)(H,90,115)(H,91,105)(H,92,110)(H,93,107)(H,94,114)(H,95,113)(H,117,118)/t45-,54+,55+,56+,57+,58+,59+,60+,61+,62+,63+,64+,65+,69+/m1/s1. The summed E-state index contributed by atoms with van der Waals surface area (Å²) >= 11 is 0. The number of fused-ring (bicyclic) bond motifs is 12. The van der Waals surface area contributed by atoms with Crippen LogP contribution in [0, 0.1) is 0 Å². The normalized spacial score (nSPS) is 23.2. The summed E-state index contributed by atoms with van der Waals surface area (Å²) in [5.41, 5.74) is 1.84. The van der Waals surface area contributed by atoms with Crippen molar-refractivity contribution in [3.8, 4) is 11.5 Å². The van der Waals surface area contributed by atoms with Crippen LogP contribution in [0.25, 0.3) is 0 Å². The molecule has 3 fully saturated rings. The highest BCUT2D eigenvalue weighted by Crippen LogP contribution is 2.23. The fourth-order valence-corrected chi connectivity index (χ4v) is 13.6. The summed E-state index contributed by atoms with van der Waals surface area (Å²) in [6.07, 6.45) is -7.96. The minimum atomic E-state index is -2.31. The predicted molar refractivity (Wildman–Crippen MR) is 422 cm³/mol. The Bertz CT molecular complexity index is 4470. The van der Waals surface area contributed by atoms with Gasteiger partial charge in [0.1, 0.15) is 96.1 Å². The van der Waals surface area contributed by atoms with Crippen molar-refractivity contribution in [3.63, 3.8) is 0 Å². The number of aliphatic carboxylic acids is 1. The van der Waals surface area contributed by atoms with Gasteiger partial charge in [0.05, 0.1) is 33.2 Å². The molecule has 18 N–H and O–H groups in total. The van der Waals surface area contributed by atoms with Gasteiger partial charge >= 0.3 is 17.9 Å². The number of aliphatic hydroxyl groups excluding tert-OH is 2. The average Bonchev–Trinajstić information content (AvgIpc) is 1.64. The fourth-order valence-electron chi connectivity index (χ4n) is 13.6. The van der Waals surface area contributed by atoms with Crippen molar-refractivity contribution >= 4 is 101 Å². The van der Waals surface area contributed by atoms with Gasteiger partial charge in [0.25, 0.3) is 0 Å². The molecule has 38 heteroatoms. The number of ether oxygens (including phenoxy) is 2. The van der Waals surface area contributed by atoms with Gasteiger partial charge in [-0.1, -0.05) is 115 Å². The number of carboxylic acids is 1. The average molecular weight is 1670 g/mol. The molecule has 0 spiro atoms. The van der Waals surface area contributed by atoms with Crippen LogP contribution in [0.1, 0.15) is 99.5 Å². The molecule has 38 nitrogen and oxygen atoms in total. The Labute approximate surface area is 688 Å². The Morgan fingerprint density at radius 1 is 0.508 bits per heavy atom. The molecule has 0 saturated carbocycles. The van der Waals surface area contributed by atoms with Crippen molar-refractivity contribution in [2.24, 2.45) is 0 Å². The molecule has 0 aliphatic carbocycles. The molecule has 14 atom stereocenters. The van der Waals surface area contributed by atoms with E-state index in [0.29, 0.717) is 22.3 Å². The third-order valence-corrected chi connectivity index (χ3v) is 20.0. The van der Waals surface area contributed by atoms with Gasteiger partial charge in [-0.15, -0.1) is 0 Å². The first-order valence-corrected chi connectivity index (χ1v) is 39.0. The number of phenols is 2. The summed E-state index contributed by atoms with van der Waals surface area (Å²) in [4.78, 5) is 249. The number of aliphatic hydroxyl groups is 2. The van der Waals surface area contributed by atoms with Crippen LogP contribution in [-0.2, 0) is 123 Å². The maximum Gasteiger partial charge on any atom is 0.326 e. The van der Waals surface area contributed by atoms with E-state index >= 15 is 28.8 Å². The minimum absolute atomic E-state index is 0.0793. The first-order valence-electron chi connectivity index (χ1n) is 39.0. The molecule has 120 heavy (non-hydrogen) atoms. The molecule has 0 radical (unpaired) electrons. The fraction of sp³-hybridized carbons (Fsp3) is 0.427. The van der Waals surface area contributed by atoms with Crippen LogP contribution in [0.3, 0.4) is 0 Å². The van der Waals surface area contributed by atoms with Gasteiger partial charge in [-0.3, -0.25) is 76.7 Å². The lowest BCUT2D eigenvalue weighted by molar-refractivity contribution is -0.154. The molecule has 14 amide bonds. The molecule has 642 valence electrons. The van der Waals surface area contributed by atoms with Gasteiger partial charge < -0.3 is 109 Å². The van der Waals surface area contributed by atoms with Crippen molar-refractivity contribution in [1.29, 1.82) is 0 Å². The second-order valence-corrected chi connectivity index (χ2v) is 29.1. The van der Waals surface area contributed by atoms with Crippen LogP contribution in [0.4, 0.5) is 0 Å². The van der Waals surface area contributed by atoms with Gasteiger partial charge in [0.15, 0.2) is 0 Å². The van der Waals surface area contributed by atoms with Gasteiger partial charge in [-0.05, 0) is 97.5 Å². The van der Waals surface area contributed by atoms with Crippen LogP contribution in [-0.4, -0.2) is 249 Å². The topological polar surface area (TPSA) is 569 Å². The third kappa shape index (κ3) is 28.2. The van der Waals surface area contributed by atoms with Crippen LogP contribution in [0.2, 0.25) is 0 Å². The molecular weight excluding hydrogens is 1560 g/mol. The zero-order valence-electron chi connectivity index (χ0n) is 66.0. The highest BCUT2D eigenvalue weighted by molar-refractivity contribution is 6.02. The molecule has 8 rings (SSSR count). The molecule has 3 heterocycles. The van der Waals surface area contributed by atoms with Crippen LogP contribution < -0.4 is 69.1 Å². The van der Waals surface area contributed by atoms with E-state index in [0.717, 1.165) is 25.9 Å². The van der Waals surface area contributed by atoms with Crippen LogP contribution in [0.5, 0.6) is 11.5 Å². The van der Waals surface area contributed by atoms with Crippen molar-refractivity contribution in [2.45, 2.75) is 188 Å². The molecule has 0 aromatic heterocycles. The second-order valence-electron chi connectivity index (χ2n) is 29.1. The van der Waals surface area contributed by atoms with E-state index < -0.39 is 243 Å². The maximum absolute atomic E-state index is 15.5. The van der Waals surface area contributed by atoms with Gasteiger partial charge in [-0.2, -0.15) is 0 Å². The summed E-state index contributed by atoms with van der Waals surface area (Å²) in [5, 5.41) is 84.9. The number of carbonyl (C=O) groups is 17. The summed E-state index contributed by atoms with van der Waals surface area (Å²) in [6, 6.07) is 10.4. The molecule has 3 aliphatic rings. The quantitative estimate of drug-likeness (QED) is 0.0282. The summed E-state index contributed by atoms with van der Waals surface area (Å²) in [5.74, 6) is -20.7. The number of nitrogens with one attached hydrogen (secondary N) is 13. The summed E-state index contributed by atoms with van der Waals surface area (Å²) < 4.78 is 10.7. The van der Waals surface area contributed by atoms with Crippen LogP contribution in [0.15, 0.2) is 140 Å². The molecule has 3 aliphatic heterocycles. The lowest BCUT2D eigenvalue weighted by Crippen LogP contribution is -2.63. The van der Waals surface area contributed by atoms with Crippen molar-refractivity contribution in [1.82, 2.24) is 74.0 Å². The Morgan fingerprint density at radius 2 is 1.01 bits per heavy atom. The Balaban J connectivity index is 1.29. The number of amides is 14. The lowest BCUT2D eigenvalue weighted by atomic mass is 10.0. The van der Waals surface area contributed by atoms with E-state index in [2.05, 4.69) is 69.1 Å². The van der Waals surface area contributed by atoms with E-state index in [1.807, 2.05) is 0 Å². The van der Waals surface area contributed by atoms with Crippen molar-refractivity contribution < 1.29 is 117 Å². The highest BCUT2D eigenvalue weighted by Gasteiger charge is 2.43. The van der Waals surface area contributed by atoms with E-state index in [4.69, 9.17) is 9.47 Å². The first-order chi connectivity index (χ1) is 57.4. The zero-order valence-corrected chi connectivity index (χ0v) is 66.0. The number of hydrogen-bond acceptors (Lipinski definition) is 23. The molecule has 3 saturated heterocycles. The molecular formula is C82H100N14O24. The molecule has 5 aromatic carbocycles. The Hall–Kier alpha value is -13.4. The van der Waals surface area contributed by atoms with Gasteiger partial charge in [-0.25, -0.2) is 4.79 Å². The first kappa shape index (κ1) is 92.1. The summed E-state index contributed by atoms with van der Waals surface area (Å²) in [6.45, 7) is -0.759. The number of benzene rings is 5. The number of methoxy groups -OCH3 is 1. The lowest BCUT2D eigenvalue weighted by Gasteiger charge is -2.31. The van der Waals surface area contributed by atoms with Crippen LogP contribution >= 0.6 is 0 Å². The number of hydrogen-bond donors (Lipinski definition) is 18. The zero-order chi connectivity index (χ0) is 87.1. The second kappa shape index (κ2) is 45.4. The number of rotatable bonds is 23. The third-order valence-electron chi connectivity index (χ3n) is 20.0. The van der Waals surface area contributed by atoms with E-state index in [9.17, 15) is 78.3 Å². The number of phenolic OH excluding ortho intramolecular Hbond substituents is 2. The number of esters is 2. The van der Waals surface area contributed by atoms with Gasteiger partial charge in [0.2, 0.25) is 82.7 Å². The van der Waals surface area contributed by atoms with E-state index in [-0.39, 0.29) is 75.1 Å². The van der Waals surface area contributed by atoms with Crippen molar-refractivity contribution in [3.05, 3.63) is 167 Å². The molecule has 0 unspecified atom stereocenters. The van der Waals surface area contributed by atoms with Crippen molar-refractivity contribution in [2.75, 3.05) is 33.4 Å². The number of aromatic hydroxyl groups is 2. The number of carboxylic acid groups (broad SMARTS) is 1. The maximum atomic E-state index is 15.5. The van der Waals surface area contributed by atoms with Gasteiger partial charge in [0, 0.05) is 58.5 Å². The number of carbonyl (C=O) groups excluding carboxylic acids is 16. The van der Waals surface area contributed by atoms with E-state index in [1.165, 1.54) is 60.7 Å². The molecule has 5 aromatic rings. The minimum Gasteiger partial charge on any atom is -0.508 e. The Kier molecular flexibility index (Phi) is 34.8. The number of nitrogens with zero attached hydrogens (tertiary/aromatic N) is 1. The highest BCUT2D eigenvalue weighted by atomic mass is 16.5. The molecule has 2 bridgehead atoms. The SMILES string of the molecule is COC(=O)CC[C@@H]1NC(=O)[C@H](Cc2ccccc2)NC(=O)[C@@H]2CC(=O)O[C@H](C)[C@H](NC(=O)[C@H](CO)NC(=O)[C@H](Cc3ccccc3)NC(C)=O)C(=O)N[C@@H](Cc3ccc(O)cc3)C(=O)N[C@@H](CCCCNC(=O)C[C@@H](C(=O)N[C@@H](Cc3ccccc3)C(=O)O)NC1=O)C(=O)N[C@@H](Cc1ccc(O)cc1)C(=O)N1CCC[C@H]1C(=O)N[C@@H](CO)C(=O)N2. The predicted octanol–water partition coefficient (Wildman–Crippen LogP) is -3.51. The monoisotopic (exact) mass is 1660 g/mol. The Morgan fingerprint density at radius 3 is 1.57 bits per heavy atom. The largest absolute Gasteiger partial charge is 0.508 e.